The maximum atomic E-state index is 5.33. The number of rotatable bonds is 5. The fraction of sp³-hybridized carbons (Fsp3) is 0.625. The molecular formula is C16H26N2O. The van der Waals surface area contributed by atoms with Gasteiger partial charge in [-0.2, -0.15) is 0 Å². The Kier molecular flexibility index (Phi) is 5.08. The van der Waals surface area contributed by atoms with Crippen LogP contribution in [0.1, 0.15) is 31.7 Å². The van der Waals surface area contributed by atoms with Crippen LogP contribution in [-0.2, 0) is 0 Å². The molecule has 3 heteroatoms. The van der Waals surface area contributed by atoms with Crippen LogP contribution >= 0.6 is 0 Å². The number of hydrogen-bond donors (Lipinski definition) is 1. The van der Waals surface area contributed by atoms with Crippen molar-refractivity contribution in [2.45, 2.75) is 39.2 Å². The fourth-order valence-corrected chi connectivity index (χ4v) is 2.79. The van der Waals surface area contributed by atoms with Gasteiger partial charge in [0.2, 0.25) is 0 Å². The molecular weight excluding hydrogens is 236 g/mol. The Morgan fingerprint density at radius 1 is 1.42 bits per heavy atom. The smallest absolute Gasteiger partial charge is 0.121 e. The minimum Gasteiger partial charge on any atom is -0.496 e. The molecule has 19 heavy (non-hydrogen) atoms. The number of benzene rings is 1. The molecule has 3 nitrogen and oxygen atoms in total. The van der Waals surface area contributed by atoms with Gasteiger partial charge >= 0.3 is 0 Å². The average Bonchev–Trinajstić information content (AvgIpc) is 2.45. The molecule has 0 amide bonds. The van der Waals surface area contributed by atoms with E-state index in [0.29, 0.717) is 6.04 Å². The molecule has 1 N–H and O–H groups in total. The third-order valence-corrected chi connectivity index (χ3v) is 3.85. The molecule has 1 fully saturated rings. The molecule has 0 aromatic heterocycles. The molecule has 1 aliphatic rings. The van der Waals surface area contributed by atoms with Gasteiger partial charge in [-0.25, -0.2) is 0 Å². The molecule has 1 aromatic carbocycles. The van der Waals surface area contributed by atoms with Crippen molar-refractivity contribution in [2.75, 3.05) is 31.6 Å². The Balaban J connectivity index is 2.02. The zero-order valence-electron chi connectivity index (χ0n) is 12.4. The lowest BCUT2D eigenvalue weighted by Gasteiger charge is -2.35. The molecule has 0 bridgehead atoms. The van der Waals surface area contributed by atoms with Crippen LogP contribution in [0.3, 0.4) is 0 Å². The van der Waals surface area contributed by atoms with E-state index in [2.05, 4.69) is 42.3 Å². The third kappa shape index (κ3) is 3.63. The van der Waals surface area contributed by atoms with Gasteiger partial charge in [-0.1, -0.05) is 6.92 Å². The number of ether oxygens (including phenoxy) is 1. The summed E-state index contributed by atoms with van der Waals surface area (Å²) < 4.78 is 5.33. The predicted octanol–water partition coefficient (Wildman–Crippen LogP) is 2.97. The number of nitrogens with one attached hydrogen (secondary N) is 1. The van der Waals surface area contributed by atoms with Gasteiger partial charge in [-0.3, -0.25) is 0 Å². The molecule has 1 aromatic rings. The van der Waals surface area contributed by atoms with E-state index in [1.807, 2.05) is 0 Å². The van der Waals surface area contributed by atoms with E-state index in [-0.39, 0.29) is 0 Å². The predicted molar refractivity (Wildman–Crippen MR) is 81.3 cm³/mol. The van der Waals surface area contributed by atoms with Gasteiger partial charge in [-0.15, -0.1) is 0 Å². The minimum atomic E-state index is 0.635. The Hall–Kier alpha value is -1.22. The van der Waals surface area contributed by atoms with E-state index < -0.39 is 0 Å². The van der Waals surface area contributed by atoms with Crippen molar-refractivity contribution in [3.8, 4) is 5.75 Å². The molecule has 0 radical (unpaired) electrons. The summed E-state index contributed by atoms with van der Waals surface area (Å²) in [6.07, 6.45) is 3.77. The van der Waals surface area contributed by atoms with Crippen molar-refractivity contribution < 1.29 is 4.74 Å². The molecule has 0 aliphatic carbocycles. The highest BCUT2D eigenvalue weighted by Gasteiger charge is 2.19. The van der Waals surface area contributed by atoms with Crippen LogP contribution < -0.4 is 15.0 Å². The van der Waals surface area contributed by atoms with Gasteiger partial charge in [0.15, 0.2) is 0 Å². The summed E-state index contributed by atoms with van der Waals surface area (Å²) in [6, 6.07) is 7.12. The largest absolute Gasteiger partial charge is 0.496 e. The number of methoxy groups -OCH3 is 1. The van der Waals surface area contributed by atoms with Crippen LogP contribution in [0.5, 0.6) is 5.75 Å². The standard InChI is InChI=1S/C16H26N2O/c1-4-9-17-14-6-5-10-18(12-14)15-7-8-16(19-3)13(2)11-15/h7-8,11,14,17H,4-6,9-10,12H2,1-3H3. The second-order valence-electron chi connectivity index (χ2n) is 5.39. The molecule has 0 saturated carbocycles. The van der Waals surface area contributed by atoms with Crippen LogP contribution in [-0.4, -0.2) is 32.8 Å². The van der Waals surface area contributed by atoms with Gasteiger partial charge in [0, 0.05) is 24.8 Å². The topological polar surface area (TPSA) is 24.5 Å². The number of piperidine rings is 1. The van der Waals surface area contributed by atoms with Gasteiger partial charge in [0.05, 0.1) is 7.11 Å². The quantitative estimate of drug-likeness (QED) is 0.883. The number of hydrogen-bond acceptors (Lipinski definition) is 3. The summed E-state index contributed by atoms with van der Waals surface area (Å²) in [7, 11) is 1.73. The zero-order chi connectivity index (χ0) is 13.7. The highest BCUT2D eigenvalue weighted by molar-refractivity contribution is 5.53. The van der Waals surface area contributed by atoms with Crippen molar-refractivity contribution in [1.29, 1.82) is 0 Å². The highest BCUT2D eigenvalue weighted by atomic mass is 16.5. The minimum absolute atomic E-state index is 0.635. The van der Waals surface area contributed by atoms with E-state index in [4.69, 9.17) is 4.74 Å². The van der Waals surface area contributed by atoms with Gasteiger partial charge in [0.25, 0.3) is 0 Å². The van der Waals surface area contributed by atoms with Crippen molar-refractivity contribution in [2.24, 2.45) is 0 Å². The van der Waals surface area contributed by atoms with Crippen molar-refractivity contribution in [1.82, 2.24) is 5.32 Å². The first kappa shape index (κ1) is 14.2. The first-order valence-electron chi connectivity index (χ1n) is 7.37. The SMILES string of the molecule is CCCNC1CCCN(c2ccc(OC)c(C)c2)C1. The summed E-state index contributed by atoms with van der Waals surface area (Å²) >= 11 is 0. The van der Waals surface area contributed by atoms with Crippen LogP contribution in [0.4, 0.5) is 5.69 Å². The van der Waals surface area contributed by atoms with Gasteiger partial charge in [0.1, 0.15) is 5.75 Å². The first-order valence-corrected chi connectivity index (χ1v) is 7.37. The summed E-state index contributed by atoms with van der Waals surface area (Å²) in [6.45, 7) is 7.74. The van der Waals surface area contributed by atoms with Gasteiger partial charge in [-0.05, 0) is 56.5 Å². The highest BCUT2D eigenvalue weighted by Crippen LogP contribution is 2.26. The van der Waals surface area contributed by atoms with Crippen LogP contribution in [0, 0.1) is 6.92 Å². The first-order chi connectivity index (χ1) is 9.24. The molecule has 1 atom stereocenters. The molecule has 1 aliphatic heterocycles. The lowest BCUT2D eigenvalue weighted by atomic mass is 10.0. The van der Waals surface area contributed by atoms with E-state index in [0.717, 1.165) is 25.4 Å². The molecule has 2 rings (SSSR count). The van der Waals surface area contributed by atoms with Crippen molar-refractivity contribution in [3.63, 3.8) is 0 Å². The van der Waals surface area contributed by atoms with Crippen LogP contribution in [0.15, 0.2) is 18.2 Å². The maximum absolute atomic E-state index is 5.33. The molecule has 0 spiro atoms. The summed E-state index contributed by atoms with van der Waals surface area (Å²) in [5.41, 5.74) is 2.53. The maximum Gasteiger partial charge on any atom is 0.121 e. The average molecular weight is 262 g/mol. The Morgan fingerprint density at radius 3 is 2.95 bits per heavy atom. The Bertz CT molecular complexity index is 406. The molecule has 1 unspecified atom stereocenters. The Labute approximate surface area is 116 Å². The van der Waals surface area contributed by atoms with E-state index in [9.17, 15) is 0 Å². The van der Waals surface area contributed by atoms with Crippen molar-refractivity contribution in [3.05, 3.63) is 23.8 Å². The van der Waals surface area contributed by atoms with Crippen LogP contribution in [0.2, 0.25) is 0 Å². The lowest BCUT2D eigenvalue weighted by molar-refractivity contribution is 0.410. The monoisotopic (exact) mass is 262 g/mol. The lowest BCUT2D eigenvalue weighted by Crippen LogP contribution is -2.46. The number of anilines is 1. The zero-order valence-corrected chi connectivity index (χ0v) is 12.4. The van der Waals surface area contributed by atoms with E-state index in [1.54, 1.807) is 7.11 Å². The summed E-state index contributed by atoms with van der Waals surface area (Å²) in [4.78, 5) is 2.49. The second-order valence-corrected chi connectivity index (χ2v) is 5.39. The molecule has 1 saturated heterocycles. The normalized spacial score (nSPS) is 19.5. The van der Waals surface area contributed by atoms with Gasteiger partial charge < -0.3 is 15.0 Å². The number of aryl methyl sites for hydroxylation is 1. The van der Waals surface area contributed by atoms with E-state index >= 15 is 0 Å². The fourth-order valence-electron chi connectivity index (χ4n) is 2.79. The number of nitrogens with zero attached hydrogens (tertiary/aromatic N) is 1. The molecule has 106 valence electrons. The molecule has 1 heterocycles. The Morgan fingerprint density at radius 2 is 2.26 bits per heavy atom. The third-order valence-electron chi connectivity index (χ3n) is 3.85. The summed E-state index contributed by atoms with van der Waals surface area (Å²) in [5.74, 6) is 0.974. The summed E-state index contributed by atoms with van der Waals surface area (Å²) in [5, 5.41) is 3.64. The van der Waals surface area contributed by atoms with Crippen molar-refractivity contribution >= 4 is 5.69 Å². The second kappa shape index (κ2) is 6.80. The van der Waals surface area contributed by atoms with Crippen LogP contribution in [0.25, 0.3) is 0 Å². The van der Waals surface area contributed by atoms with E-state index in [1.165, 1.54) is 30.5 Å².